The molecule has 0 unspecified atom stereocenters. The van der Waals surface area contributed by atoms with Crippen LogP contribution in [0.5, 0.6) is 0 Å². The molecule has 0 aliphatic heterocycles. The van der Waals surface area contributed by atoms with Crippen molar-refractivity contribution in [3.63, 3.8) is 0 Å². The van der Waals surface area contributed by atoms with Gasteiger partial charge >= 0.3 is 11.9 Å². The number of esters is 2. The number of methoxy groups -OCH3 is 2. The zero-order valence-electron chi connectivity index (χ0n) is 15.1. The number of carbonyl (C=O) groups excluding carboxylic acids is 2. The molecule has 0 amide bonds. The number of nitrogens with zero attached hydrogens (tertiary/aromatic N) is 2. The molecule has 0 radical (unpaired) electrons. The molecule has 0 heterocycles. The molecule has 23 heavy (non-hydrogen) atoms. The summed E-state index contributed by atoms with van der Waals surface area (Å²) >= 11 is 0. The Kier molecular flexibility index (Phi) is 13.7. The smallest absolute Gasteiger partial charge is 0.306 e. The van der Waals surface area contributed by atoms with Crippen molar-refractivity contribution in [1.82, 2.24) is 15.1 Å². The van der Waals surface area contributed by atoms with E-state index in [4.69, 9.17) is 4.74 Å². The maximum Gasteiger partial charge on any atom is 0.306 e. The number of rotatable bonds is 14. The summed E-state index contributed by atoms with van der Waals surface area (Å²) < 4.78 is 9.31. The van der Waals surface area contributed by atoms with Crippen molar-refractivity contribution in [1.29, 1.82) is 0 Å². The third-order valence-electron chi connectivity index (χ3n) is 3.83. The van der Waals surface area contributed by atoms with Crippen LogP contribution in [0.4, 0.5) is 0 Å². The van der Waals surface area contributed by atoms with Crippen LogP contribution in [0.3, 0.4) is 0 Å². The van der Waals surface area contributed by atoms with Gasteiger partial charge in [-0.2, -0.15) is 0 Å². The second kappa shape index (κ2) is 14.4. The minimum Gasteiger partial charge on any atom is -0.469 e. The second-order valence-corrected chi connectivity index (χ2v) is 5.27. The van der Waals surface area contributed by atoms with Crippen molar-refractivity contribution in [3.8, 4) is 0 Å². The highest BCUT2D eigenvalue weighted by molar-refractivity contribution is 5.69. The summed E-state index contributed by atoms with van der Waals surface area (Å²) in [5, 5.41) is 3.23. The molecule has 0 aromatic carbocycles. The van der Waals surface area contributed by atoms with Crippen LogP contribution in [0, 0.1) is 0 Å². The molecule has 0 saturated heterocycles. The third-order valence-corrected chi connectivity index (χ3v) is 3.83. The van der Waals surface area contributed by atoms with Gasteiger partial charge in [-0.25, -0.2) is 0 Å². The molecule has 0 atom stereocenters. The Labute approximate surface area is 140 Å². The number of ether oxygens (including phenoxy) is 2. The Bertz CT molecular complexity index is 322. The minimum atomic E-state index is -0.207. The van der Waals surface area contributed by atoms with E-state index in [9.17, 15) is 9.59 Å². The standard InChI is InChI=1S/C16H33N3O4/c1-5-18(6-2)13-14-19(11-8-16(21)23-4)12-10-17-9-7-15(20)22-3/h17H,5-14H2,1-4H3. The van der Waals surface area contributed by atoms with E-state index in [0.717, 1.165) is 39.3 Å². The number of hydrogen-bond donors (Lipinski definition) is 1. The molecule has 0 aromatic rings. The first kappa shape index (κ1) is 21.8. The first-order valence-electron chi connectivity index (χ1n) is 8.36. The lowest BCUT2D eigenvalue weighted by molar-refractivity contribution is -0.141. The summed E-state index contributed by atoms with van der Waals surface area (Å²) in [6.07, 6.45) is 0.773. The van der Waals surface area contributed by atoms with Gasteiger partial charge in [-0.1, -0.05) is 13.8 Å². The van der Waals surface area contributed by atoms with Crippen molar-refractivity contribution in [2.45, 2.75) is 26.7 Å². The number of carbonyl (C=O) groups is 2. The number of nitrogens with one attached hydrogen (secondary N) is 1. The Hall–Kier alpha value is -1.18. The van der Waals surface area contributed by atoms with Crippen LogP contribution in [0.1, 0.15) is 26.7 Å². The first-order chi connectivity index (χ1) is 11.1. The number of hydrogen-bond acceptors (Lipinski definition) is 7. The lowest BCUT2D eigenvalue weighted by atomic mass is 10.3. The van der Waals surface area contributed by atoms with Crippen molar-refractivity contribution in [2.24, 2.45) is 0 Å². The van der Waals surface area contributed by atoms with Gasteiger partial charge in [0.2, 0.25) is 0 Å². The average molecular weight is 331 g/mol. The van der Waals surface area contributed by atoms with Gasteiger partial charge in [0.05, 0.1) is 27.1 Å². The monoisotopic (exact) mass is 331 g/mol. The van der Waals surface area contributed by atoms with Crippen LogP contribution in [-0.4, -0.2) is 88.3 Å². The van der Waals surface area contributed by atoms with E-state index in [2.05, 4.69) is 33.7 Å². The van der Waals surface area contributed by atoms with Crippen LogP contribution in [0.25, 0.3) is 0 Å². The van der Waals surface area contributed by atoms with E-state index < -0.39 is 0 Å². The molecule has 0 aliphatic carbocycles. The molecule has 0 rings (SSSR count). The largest absolute Gasteiger partial charge is 0.469 e. The Morgan fingerprint density at radius 3 is 1.91 bits per heavy atom. The predicted octanol–water partition coefficient (Wildman–Crippen LogP) is 0.346. The third kappa shape index (κ3) is 12.0. The van der Waals surface area contributed by atoms with Crippen molar-refractivity contribution in [2.75, 3.05) is 66.6 Å². The van der Waals surface area contributed by atoms with Gasteiger partial charge in [-0.05, 0) is 13.1 Å². The molecular weight excluding hydrogens is 298 g/mol. The van der Waals surface area contributed by atoms with Gasteiger partial charge in [0.1, 0.15) is 0 Å². The Morgan fingerprint density at radius 1 is 0.783 bits per heavy atom. The van der Waals surface area contributed by atoms with Crippen molar-refractivity contribution in [3.05, 3.63) is 0 Å². The molecule has 1 N–H and O–H groups in total. The molecule has 7 nitrogen and oxygen atoms in total. The van der Waals surface area contributed by atoms with Crippen LogP contribution < -0.4 is 5.32 Å². The van der Waals surface area contributed by atoms with E-state index in [-0.39, 0.29) is 11.9 Å². The van der Waals surface area contributed by atoms with Crippen LogP contribution in [0.15, 0.2) is 0 Å². The van der Waals surface area contributed by atoms with E-state index in [1.54, 1.807) is 0 Å². The quantitative estimate of drug-likeness (QED) is 0.364. The van der Waals surface area contributed by atoms with Gasteiger partial charge in [-0.15, -0.1) is 0 Å². The van der Waals surface area contributed by atoms with Crippen molar-refractivity contribution >= 4 is 11.9 Å². The van der Waals surface area contributed by atoms with E-state index >= 15 is 0 Å². The summed E-state index contributed by atoms with van der Waals surface area (Å²) in [5.41, 5.74) is 0. The minimum absolute atomic E-state index is 0.184. The maximum absolute atomic E-state index is 11.3. The van der Waals surface area contributed by atoms with Gasteiger partial charge in [0.25, 0.3) is 0 Å². The highest BCUT2D eigenvalue weighted by Gasteiger charge is 2.10. The molecule has 136 valence electrons. The first-order valence-corrected chi connectivity index (χ1v) is 8.36. The number of likely N-dealkylation sites (N-methyl/N-ethyl adjacent to an activating group) is 1. The predicted molar refractivity (Wildman–Crippen MR) is 90.4 cm³/mol. The summed E-state index contributed by atoms with van der Waals surface area (Å²) in [6, 6.07) is 0. The van der Waals surface area contributed by atoms with Gasteiger partial charge in [-0.3, -0.25) is 9.59 Å². The Balaban J connectivity index is 4.09. The topological polar surface area (TPSA) is 71.1 Å². The molecular formula is C16H33N3O4. The highest BCUT2D eigenvalue weighted by atomic mass is 16.5. The SMILES string of the molecule is CCN(CC)CCN(CCNCCC(=O)OC)CCC(=O)OC. The maximum atomic E-state index is 11.3. The van der Waals surface area contributed by atoms with E-state index in [0.29, 0.717) is 25.9 Å². The van der Waals surface area contributed by atoms with Crippen molar-refractivity contribution < 1.29 is 19.1 Å². The zero-order valence-corrected chi connectivity index (χ0v) is 15.1. The van der Waals surface area contributed by atoms with E-state index in [1.165, 1.54) is 14.2 Å². The normalized spacial score (nSPS) is 11.0. The fraction of sp³-hybridized carbons (Fsp3) is 0.875. The summed E-state index contributed by atoms with van der Waals surface area (Å²) in [7, 11) is 2.81. The molecule has 0 saturated carbocycles. The summed E-state index contributed by atoms with van der Waals surface area (Å²) in [4.78, 5) is 27.0. The lowest BCUT2D eigenvalue weighted by Gasteiger charge is -2.26. The van der Waals surface area contributed by atoms with Crippen LogP contribution in [-0.2, 0) is 19.1 Å². The second-order valence-electron chi connectivity index (χ2n) is 5.27. The van der Waals surface area contributed by atoms with Gasteiger partial charge < -0.3 is 24.6 Å². The summed E-state index contributed by atoms with van der Waals surface area (Å²) in [6.45, 7) is 11.1. The molecule has 7 heteroatoms. The van der Waals surface area contributed by atoms with Crippen LogP contribution >= 0.6 is 0 Å². The molecule has 0 fully saturated rings. The fourth-order valence-electron chi connectivity index (χ4n) is 2.16. The highest BCUT2D eigenvalue weighted by Crippen LogP contribution is 1.96. The zero-order chi connectivity index (χ0) is 17.5. The molecule has 0 bridgehead atoms. The lowest BCUT2D eigenvalue weighted by Crippen LogP contribution is -2.39. The molecule has 0 aromatic heterocycles. The Morgan fingerprint density at radius 2 is 1.35 bits per heavy atom. The molecule has 0 aliphatic rings. The fourth-order valence-corrected chi connectivity index (χ4v) is 2.16. The van der Waals surface area contributed by atoms with Gasteiger partial charge in [0, 0.05) is 39.3 Å². The molecule has 0 spiro atoms. The van der Waals surface area contributed by atoms with Crippen LogP contribution in [0.2, 0.25) is 0 Å². The van der Waals surface area contributed by atoms with E-state index in [1.807, 2.05) is 0 Å². The van der Waals surface area contributed by atoms with Gasteiger partial charge in [0.15, 0.2) is 0 Å². The average Bonchev–Trinajstić information content (AvgIpc) is 2.58. The summed E-state index contributed by atoms with van der Waals surface area (Å²) in [5.74, 6) is -0.391.